The molecule has 0 fully saturated rings. The van der Waals surface area contributed by atoms with Crippen LogP contribution in [0, 0.1) is 5.92 Å². The summed E-state index contributed by atoms with van der Waals surface area (Å²) in [5, 5.41) is 2.89. The third-order valence-corrected chi connectivity index (χ3v) is 4.68. The Balaban J connectivity index is 3.14. The second-order valence-corrected chi connectivity index (χ2v) is 6.78. The largest absolute Gasteiger partial charge is 0.387 e. The molecular formula is C13H23N3O3S. The van der Waals surface area contributed by atoms with E-state index in [-0.39, 0.29) is 10.8 Å². The number of sulfonamides is 1. The maximum absolute atomic E-state index is 12.7. The minimum Gasteiger partial charge on any atom is -0.387 e. The fourth-order valence-electron chi connectivity index (χ4n) is 1.84. The number of anilines is 1. The first-order valence-corrected chi connectivity index (χ1v) is 7.98. The fourth-order valence-corrected chi connectivity index (χ4v) is 3.57. The van der Waals surface area contributed by atoms with E-state index in [1.165, 1.54) is 10.5 Å². The van der Waals surface area contributed by atoms with E-state index in [1.807, 2.05) is 13.8 Å². The van der Waals surface area contributed by atoms with Crippen LogP contribution in [0.5, 0.6) is 0 Å². The molecule has 0 bridgehead atoms. The van der Waals surface area contributed by atoms with Crippen LogP contribution in [0.15, 0.2) is 23.4 Å². The number of nitrogens with one attached hydrogen (secondary N) is 1. The predicted molar refractivity (Wildman–Crippen MR) is 79.3 cm³/mol. The van der Waals surface area contributed by atoms with Crippen LogP contribution in [0.4, 0.5) is 5.69 Å². The average Bonchev–Trinajstić information content (AvgIpc) is 2.42. The van der Waals surface area contributed by atoms with E-state index in [0.29, 0.717) is 25.4 Å². The van der Waals surface area contributed by atoms with Crippen molar-refractivity contribution in [1.29, 1.82) is 0 Å². The number of hydrogen-bond acceptors (Lipinski definition) is 5. The van der Waals surface area contributed by atoms with Gasteiger partial charge in [0.1, 0.15) is 4.90 Å². The fraction of sp³-hybridized carbons (Fsp3) is 0.615. The maximum atomic E-state index is 12.7. The lowest BCUT2D eigenvalue weighted by atomic mass is 10.2. The summed E-state index contributed by atoms with van der Waals surface area (Å²) < 4.78 is 31.9. The minimum absolute atomic E-state index is 0.194. The van der Waals surface area contributed by atoms with Crippen LogP contribution in [-0.2, 0) is 14.8 Å². The molecule has 0 aliphatic rings. The van der Waals surface area contributed by atoms with Gasteiger partial charge in [0.2, 0.25) is 10.0 Å². The Morgan fingerprint density at radius 1 is 1.45 bits per heavy atom. The van der Waals surface area contributed by atoms with Gasteiger partial charge in [0.05, 0.1) is 12.3 Å². The molecule has 0 saturated heterocycles. The second kappa shape index (κ2) is 7.56. The Bertz CT molecular complexity index is 517. The molecule has 0 radical (unpaired) electrons. The smallest absolute Gasteiger partial charge is 0.246 e. The van der Waals surface area contributed by atoms with Gasteiger partial charge in [-0.1, -0.05) is 13.8 Å². The van der Waals surface area contributed by atoms with Gasteiger partial charge < -0.3 is 10.1 Å². The number of ether oxygens (including phenoxy) is 1. The number of pyridine rings is 1. The molecule has 0 atom stereocenters. The van der Waals surface area contributed by atoms with Gasteiger partial charge in [-0.15, -0.1) is 0 Å². The summed E-state index contributed by atoms with van der Waals surface area (Å²) in [6.45, 7) is 5.11. The van der Waals surface area contributed by atoms with Crippen LogP contribution in [0.1, 0.15) is 13.8 Å². The Kier molecular flexibility index (Phi) is 6.38. The second-order valence-electron chi connectivity index (χ2n) is 4.87. The van der Waals surface area contributed by atoms with Crippen LogP contribution < -0.4 is 5.32 Å². The van der Waals surface area contributed by atoms with Crippen LogP contribution in [0.3, 0.4) is 0 Å². The lowest BCUT2D eigenvalue weighted by Gasteiger charge is -2.24. The van der Waals surface area contributed by atoms with Gasteiger partial charge in [0.15, 0.2) is 0 Å². The van der Waals surface area contributed by atoms with Gasteiger partial charge in [0, 0.05) is 39.6 Å². The summed E-state index contributed by atoms with van der Waals surface area (Å²) in [6.07, 6.45) is 2.94. The molecule has 0 aromatic carbocycles. The zero-order chi connectivity index (χ0) is 15.2. The summed E-state index contributed by atoms with van der Waals surface area (Å²) in [7, 11) is -0.333. The van der Waals surface area contributed by atoms with Crippen molar-refractivity contribution in [3.8, 4) is 0 Å². The molecule has 0 unspecified atom stereocenters. The quantitative estimate of drug-likeness (QED) is 0.786. The van der Waals surface area contributed by atoms with E-state index >= 15 is 0 Å². The normalized spacial score (nSPS) is 12.1. The Morgan fingerprint density at radius 2 is 2.15 bits per heavy atom. The zero-order valence-corrected chi connectivity index (χ0v) is 13.3. The number of hydrogen-bond donors (Lipinski definition) is 1. The molecule has 0 saturated carbocycles. The van der Waals surface area contributed by atoms with E-state index in [1.54, 1.807) is 26.4 Å². The summed E-state index contributed by atoms with van der Waals surface area (Å²) >= 11 is 0. The predicted octanol–water partition coefficient (Wildman–Crippen LogP) is 1.42. The molecule has 1 rings (SSSR count). The van der Waals surface area contributed by atoms with Gasteiger partial charge >= 0.3 is 0 Å². The Labute approximate surface area is 121 Å². The standard InChI is InChI=1S/C13H23N3O3S/c1-11(2)10-16(7-8-19-4)20(17,18)13-9-15-6-5-12(13)14-3/h5-6,9,11H,7-8,10H2,1-4H3,(H,14,15). The van der Waals surface area contributed by atoms with Gasteiger partial charge in [-0.3, -0.25) is 4.98 Å². The van der Waals surface area contributed by atoms with E-state index in [2.05, 4.69) is 10.3 Å². The van der Waals surface area contributed by atoms with Crippen molar-refractivity contribution >= 4 is 15.7 Å². The molecule has 0 aliphatic heterocycles. The summed E-state index contributed by atoms with van der Waals surface area (Å²) in [4.78, 5) is 4.12. The lowest BCUT2D eigenvalue weighted by molar-refractivity contribution is 0.175. The molecule has 1 N–H and O–H groups in total. The lowest BCUT2D eigenvalue weighted by Crippen LogP contribution is -2.37. The molecule has 20 heavy (non-hydrogen) atoms. The number of rotatable bonds is 8. The molecule has 7 heteroatoms. The monoisotopic (exact) mass is 301 g/mol. The van der Waals surface area contributed by atoms with Crippen molar-refractivity contribution in [2.45, 2.75) is 18.7 Å². The van der Waals surface area contributed by atoms with Crippen LogP contribution in [0.2, 0.25) is 0 Å². The first-order valence-electron chi connectivity index (χ1n) is 6.54. The molecule has 0 aliphatic carbocycles. The van der Waals surface area contributed by atoms with Crippen molar-refractivity contribution < 1.29 is 13.2 Å². The van der Waals surface area contributed by atoms with Crippen molar-refractivity contribution in [2.24, 2.45) is 5.92 Å². The Hall–Kier alpha value is -1.18. The molecule has 1 aromatic heterocycles. The van der Waals surface area contributed by atoms with E-state index in [9.17, 15) is 8.42 Å². The van der Waals surface area contributed by atoms with E-state index < -0.39 is 10.0 Å². The van der Waals surface area contributed by atoms with Crippen molar-refractivity contribution in [2.75, 3.05) is 39.2 Å². The molecule has 1 aromatic rings. The first kappa shape index (κ1) is 16.9. The van der Waals surface area contributed by atoms with Crippen LogP contribution >= 0.6 is 0 Å². The van der Waals surface area contributed by atoms with Gasteiger partial charge in [-0.2, -0.15) is 4.31 Å². The van der Waals surface area contributed by atoms with Crippen molar-refractivity contribution in [3.63, 3.8) is 0 Å². The highest BCUT2D eigenvalue weighted by Crippen LogP contribution is 2.23. The van der Waals surface area contributed by atoms with E-state index in [0.717, 1.165) is 0 Å². The Morgan fingerprint density at radius 3 is 2.70 bits per heavy atom. The summed E-state index contributed by atoms with van der Waals surface area (Å²) in [5.41, 5.74) is 0.547. The number of nitrogens with zero attached hydrogens (tertiary/aromatic N) is 2. The van der Waals surface area contributed by atoms with Gasteiger partial charge in [-0.05, 0) is 12.0 Å². The molecule has 6 nitrogen and oxygen atoms in total. The molecule has 0 spiro atoms. The average molecular weight is 301 g/mol. The highest BCUT2D eigenvalue weighted by Gasteiger charge is 2.27. The third-order valence-electron chi connectivity index (χ3n) is 2.79. The van der Waals surface area contributed by atoms with Crippen molar-refractivity contribution in [1.82, 2.24) is 9.29 Å². The first-order chi connectivity index (χ1) is 9.43. The zero-order valence-electron chi connectivity index (χ0n) is 12.5. The van der Waals surface area contributed by atoms with E-state index in [4.69, 9.17) is 4.74 Å². The van der Waals surface area contributed by atoms with Crippen LogP contribution in [0.25, 0.3) is 0 Å². The molecule has 0 amide bonds. The van der Waals surface area contributed by atoms with Crippen molar-refractivity contribution in [3.05, 3.63) is 18.5 Å². The third kappa shape index (κ3) is 4.16. The molecule has 1 heterocycles. The summed E-state index contributed by atoms with van der Waals surface area (Å²) in [5.74, 6) is 0.233. The minimum atomic E-state index is -3.58. The summed E-state index contributed by atoms with van der Waals surface area (Å²) in [6, 6.07) is 1.65. The molecule has 114 valence electrons. The maximum Gasteiger partial charge on any atom is 0.246 e. The topological polar surface area (TPSA) is 71.5 Å². The number of methoxy groups -OCH3 is 1. The SMILES string of the molecule is CNc1ccncc1S(=O)(=O)N(CCOC)CC(C)C. The van der Waals surface area contributed by atoms with Crippen LogP contribution in [-0.4, -0.2) is 51.6 Å². The molecular weight excluding hydrogens is 278 g/mol. The highest BCUT2D eigenvalue weighted by molar-refractivity contribution is 7.89. The van der Waals surface area contributed by atoms with Gasteiger partial charge in [-0.25, -0.2) is 8.42 Å². The van der Waals surface area contributed by atoms with Gasteiger partial charge in [0.25, 0.3) is 0 Å². The number of aromatic nitrogens is 1. The highest BCUT2D eigenvalue weighted by atomic mass is 32.2.